The van der Waals surface area contributed by atoms with Crippen LogP contribution in [0.25, 0.3) is 0 Å². The van der Waals surface area contributed by atoms with Crippen molar-refractivity contribution in [2.45, 2.75) is 52.9 Å². The lowest BCUT2D eigenvalue weighted by Gasteiger charge is -2.26. The van der Waals surface area contributed by atoms with Crippen molar-refractivity contribution in [2.75, 3.05) is 11.4 Å². The van der Waals surface area contributed by atoms with Gasteiger partial charge in [-0.3, -0.25) is 4.99 Å². The van der Waals surface area contributed by atoms with Crippen molar-refractivity contribution in [1.29, 1.82) is 0 Å². The van der Waals surface area contributed by atoms with Gasteiger partial charge in [0.05, 0.1) is 42.7 Å². The van der Waals surface area contributed by atoms with E-state index in [2.05, 4.69) is 55.6 Å². The van der Waals surface area contributed by atoms with Crippen molar-refractivity contribution in [3.8, 4) is 11.8 Å². The molecule has 0 amide bonds. The zero-order chi connectivity index (χ0) is 19.2. The van der Waals surface area contributed by atoms with Crippen molar-refractivity contribution in [2.24, 2.45) is 10.4 Å². The summed E-state index contributed by atoms with van der Waals surface area (Å²) in [6, 6.07) is 6.39. The molecular weight excluding hydrogens is 340 g/mol. The van der Waals surface area contributed by atoms with Crippen LogP contribution in [-0.4, -0.2) is 28.4 Å². The molecule has 3 heterocycles. The molecule has 0 saturated heterocycles. The van der Waals surface area contributed by atoms with Gasteiger partial charge in [-0.15, -0.1) is 0 Å². The average molecular weight is 366 g/mol. The highest BCUT2D eigenvalue weighted by Crippen LogP contribution is 2.44. The number of hydrogen-bond acceptors (Lipinski definition) is 6. The maximum Gasteiger partial charge on any atom is 0.322 e. The zero-order valence-electron chi connectivity index (χ0n) is 16.6. The van der Waals surface area contributed by atoms with E-state index < -0.39 is 0 Å². The van der Waals surface area contributed by atoms with Crippen LogP contribution in [-0.2, 0) is 11.3 Å². The number of anilines is 1. The lowest BCUT2D eigenvalue weighted by atomic mass is 9.84. The maximum absolute atomic E-state index is 5.98. The Morgan fingerprint density at radius 3 is 2.56 bits per heavy atom. The molecule has 0 saturated carbocycles. The van der Waals surface area contributed by atoms with E-state index in [0.717, 1.165) is 18.0 Å². The summed E-state index contributed by atoms with van der Waals surface area (Å²) in [7, 11) is 0. The fourth-order valence-electron chi connectivity index (χ4n) is 3.49. The fourth-order valence-corrected chi connectivity index (χ4v) is 3.49. The van der Waals surface area contributed by atoms with Crippen LogP contribution in [0.4, 0.5) is 5.69 Å². The summed E-state index contributed by atoms with van der Waals surface area (Å²) in [6.07, 6.45) is 5.44. The van der Waals surface area contributed by atoms with Gasteiger partial charge in [0, 0.05) is 6.54 Å². The van der Waals surface area contributed by atoms with E-state index in [1.807, 2.05) is 23.4 Å². The second-order valence-electron chi connectivity index (χ2n) is 8.93. The van der Waals surface area contributed by atoms with Gasteiger partial charge in [0.25, 0.3) is 0 Å². The number of hydrogen-bond donors (Lipinski definition) is 0. The van der Waals surface area contributed by atoms with Gasteiger partial charge in [-0.2, -0.15) is 0 Å². The third-order valence-corrected chi connectivity index (χ3v) is 4.85. The van der Waals surface area contributed by atoms with E-state index in [-0.39, 0.29) is 17.1 Å². The fraction of sp³-hybridized carbons (Fsp3) is 0.476. The molecule has 0 fully saturated rings. The van der Waals surface area contributed by atoms with Crippen LogP contribution in [0.15, 0.2) is 35.6 Å². The van der Waals surface area contributed by atoms with Gasteiger partial charge in [-0.25, -0.2) is 9.97 Å². The normalized spacial score (nSPS) is 20.8. The van der Waals surface area contributed by atoms with Crippen LogP contribution in [0, 0.1) is 5.41 Å². The maximum atomic E-state index is 5.98. The lowest BCUT2D eigenvalue weighted by Crippen LogP contribution is -2.28. The number of nitrogens with zero attached hydrogens (tertiary/aromatic N) is 4. The van der Waals surface area contributed by atoms with Crippen molar-refractivity contribution >= 4 is 12.0 Å². The highest BCUT2D eigenvalue weighted by Gasteiger charge is 2.33. The van der Waals surface area contributed by atoms with E-state index in [4.69, 9.17) is 9.47 Å². The third kappa shape index (κ3) is 3.67. The van der Waals surface area contributed by atoms with Crippen molar-refractivity contribution < 1.29 is 9.47 Å². The van der Waals surface area contributed by atoms with Crippen LogP contribution in [0.2, 0.25) is 0 Å². The molecule has 142 valence electrons. The van der Waals surface area contributed by atoms with Gasteiger partial charge in [-0.1, -0.05) is 26.8 Å². The molecule has 0 spiro atoms. The number of rotatable bonds is 3. The molecule has 1 aromatic heterocycles. The molecule has 2 aliphatic rings. The van der Waals surface area contributed by atoms with Crippen LogP contribution in [0.1, 0.15) is 51.8 Å². The van der Waals surface area contributed by atoms with Crippen LogP contribution in [0.3, 0.4) is 0 Å². The van der Waals surface area contributed by atoms with Crippen molar-refractivity contribution in [3.63, 3.8) is 0 Å². The molecular formula is C21H26N4O2. The van der Waals surface area contributed by atoms with E-state index in [0.29, 0.717) is 12.6 Å². The first-order valence-corrected chi connectivity index (χ1v) is 9.28. The molecule has 2 aromatic rings. The molecule has 27 heavy (non-hydrogen) atoms. The van der Waals surface area contributed by atoms with Gasteiger partial charge in [0.1, 0.15) is 5.75 Å². The minimum absolute atomic E-state index is 0.0348. The largest absolute Gasteiger partial charge is 0.424 e. The molecule has 6 nitrogen and oxygen atoms in total. The molecule has 0 aliphatic carbocycles. The number of fused-ring (bicyclic) bond motifs is 1. The van der Waals surface area contributed by atoms with Crippen molar-refractivity contribution in [1.82, 2.24) is 9.97 Å². The number of benzene rings is 1. The Morgan fingerprint density at radius 1 is 1.19 bits per heavy atom. The number of aliphatic imine (C=N–C) groups is 1. The summed E-state index contributed by atoms with van der Waals surface area (Å²) in [6.45, 7) is 12.2. The first kappa shape index (κ1) is 17.9. The summed E-state index contributed by atoms with van der Waals surface area (Å²) in [4.78, 5) is 15.2. The summed E-state index contributed by atoms with van der Waals surface area (Å²) in [5.74, 6) is 0.727. The predicted octanol–water partition coefficient (Wildman–Crippen LogP) is 4.51. The third-order valence-electron chi connectivity index (χ3n) is 4.85. The Bertz CT molecular complexity index is 869. The Morgan fingerprint density at radius 2 is 1.93 bits per heavy atom. The van der Waals surface area contributed by atoms with E-state index >= 15 is 0 Å². The van der Waals surface area contributed by atoms with Crippen LogP contribution < -0.4 is 9.64 Å². The van der Waals surface area contributed by atoms with E-state index in [1.165, 1.54) is 11.1 Å². The highest BCUT2D eigenvalue weighted by molar-refractivity contribution is 5.81. The predicted molar refractivity (Wildman–Crippen MR) is 105 cm³/mol. The molecule has 0 radical (unpaired) electrons. The summed E-state index contributed by atoms with van der Waals surface area (Å²) in [5, 5.41) is 0. The monoisotopic (exact) mass is 366 g/mol. The first-order chi connectivity index (χ1) is 12.7. The van der Waals surface area contributed by atoms with Gasteiger partial charge in [-0.05, 0) is 42.5 Å². The van der Waals surface area contributed by atoms with Gasteiger partial charge in [0.2, 0.25) is 0 Å². The van der Waals surface area contributed by atoms with E-state index in [1.54, 1.807) is 12.4 Å². The lowest BCUT2D eigenvalue weighted by molar-refractivity contribution is -0.00793. The first-order valence-electron chi connectivity index (χ1n) is 9.28. The van der Waals surface area contributed by atoms with Gasteiger partial charge in [0.15, 0.2) is 0 Å². The SMILES string of the molecule is CC1(C)CN(c2cnc(Oc3ccc4c(c3)C(C(C)(C)C)OC4)nc2)C=N1. The zero-order valence-corrected chi connectivity index (χ0v) is 16.6. The molecule has 0 N–H and O–H groups in total. The molecule has 1 atom stereocenters. The smallest absolute Gasteiger partial charge is 0.322 e. The van der Waals surface area contributed by atoms with Gasteiger partial charge >= 0.3 is 6.01 Å². The van der Waals surface area contributed by atoms with E-state index in [9.17, 15) is 0 Å². The Labute approximate surface area is 160 Å². The molecule has 1 unspecified atom stereocenters. The van der Waals surface area contributed by atoms with Gasteiger partial charge < -0.3 is 14.4 Å². The van der Waals surface area contributed by atoms with Crippen molar-refractivity contribution in [3.05, 3.63) is 41.7 Å². The number of ether oxygens (including phenoxy) is 2. The minimum Gasteiger partial charge on any atom is -0.424 e. The van der Waals surface area contributed by atoms with Crippen LogP contribution in [0.5, 0.6) is 11.8 Å². The molecule has 2 aliphatic heterocycles. The Kier molecular flexibility index (Phi) is 4.18. The average Bonchev–Trinajstić information content (AvgIpc) is 3.18. The second-order valence-corrected chi connectivity index (χ2v) is 8.93. The molecule has 0 bridgehead atoms. The second kappa shape index (κ2) is 6.30. The topological polar surface area (TPSA) is 59.8 Å². The summed E-state index contributed by atoms with van der Waals surface area (Å²) in [5.41, 5.74) is 3.27. The molecule has 6 heteroatoms. The number of aromatic nitrogens is 2. The summed E-state index contributed by atoms with van der Waals surface area (Å²) >= 11 is 0. The Hall–Kier alpha value is -2.47. The Balaban J connectivity index is 1.50. The summed E-state index contributed by atoms with van der Waals surface area (Å²) < 4.78 is 11.9. The molecule has 1 aromatic carbocycles. The highest BCUT2D eigenvalue weighted by atomic mass is 16.5. The quantitative estimate of drug-likeness (QED) is 0.800. The standard InChI is InChI=1S/C21H26N4O2/c1-20(2,3)18-17-8-16(7-6-14(17)11-26-18)27-19-22-9-15(10-23-19)25-12-21(4,5)24-13-25/h6-10,13,18H,11-12H2,1-5H3. The van der Waals surface area contributed by atoms with Crippen LogP contribution >= 0.6 is 0 Å². The molecule has 4 rings (SSSR count). The minimum atomic E-state index is -0.0781.